The highest BCUT2D eigenvalue weighted by Gasteiger charge is 2.19. The number of hydrogen-bond acceptors (Lipinski definition) is 2. The van der Waals surface area contributed by atoms with Crippen molar-refractivity contribution in [1.29, 1.82) is 5.26 Å². The molecule has 1 atom stereocenters. The fourth-order valence-corrected chi connectivity index (χ4v) is 1.36. The van der Waals surface area contributed by atoms with Gasteiger partial charge in [0, 0.05) is 11.0 Å². The van der Waals surface area contributed by atoms with Gasteiger partial charge < -0.3 is 5.32 Å². The predicted molar refractivity (Wildman–Crippen MR) is 65.9 cm³/mol. The van der Waals surface area contributed by atoms with E-state index in [1.165, 1.54) is 0 Å². The van der Waals surface area contributed by atoms with E-state index in [4.69, 9.17) is 5.26 Å². The van der Waals surface area contributed by atoms with Gasteiger partial charge in [-0.05, 0) is 5.56 Å². The third-order valence-electron chi connectivity index (χ3n) is 1.98. The van der Waals surface area contributed by atoms with Crippen LogP contribution in [0.25, 0.3) is 0 Å². The van der Waals surface area contributed by atoms with Crippen LogP contribution < -0.4 is 5.32 Å². The molecule has 0 bridgehead atoms. The summed E-state index contributed by atoms with van der Waals surface area (Å²) in [6, 6.07) is 11.0. The monoisotopic (exact) mass is 278 g/mol. The number of carbonyl (C=O) groups excluding carboxylic acids is 1. The van der Waals surface area contributed by atoms with Crippen LogP contribution in [0.1, 0.15) is 11.5 Å². The van der Waals surface area contributed by atoms with Gasteiger partial charge in [0.05, 0.1) is 6.07 Å². The Morgan fingerprint density at radius 2 is 2.12 bits per heavy atom. The minimum absolute atomic E-state index is 0.311. The molecule has 1 rings (SSSR count). The summed E-state index contributed by atoms with van der Waals surface area (Å²) in [7, 11) is 0. The molecule has 0 fully saturated rings. The lowest BCUT2D eigenvalue weighted by Crippen LogP contribution is -2.29. The van der Waals surface area contributed by atoms with Gasteiger partial charge in [-0.3, -0.25) is 4.79 Å². The molecule has 16 heavy (non-hydrogen) atoms. The summed E-state index contributed by atoms with van der Waals surface area (Å²) < 4.78 is 0.672. The van der Waals surface area contributed by atoms with E-state index < -0.39 is 5.92 Å². The number of hydrogen-bond donors (Lipinski definition) is 1. The Hall–Kier alpha value is -1.60. The Kier molecular flexibility index (Phi) is 4.74. The van der Waals surface area contributed by atoms with E-state index in [9.17, 15) is 4.79 Å². The third-order valence-corrected chi connectivity index (χ3v) is 2.26. The first-order valence-electron chi connectivity index (χ1n) is 4.70. The molecule has 4 heteroatoms. The van der Waals surface area contributed by atoms with Crippen LogP contribution in [0.2, 0.25) is 0 Å². The van der Waals surface area contributed by atoms with E-state index in [0.717, 1.165) is 0 Å². The normalized spacial score (nSPS) is 11.2. The molecule has 0 aliphatic heterocycles. The molecular weight excluding hydrogens is 268 g/mol. The summed E-state index contributed by atoms with van der Waals surface area (Å²) >= 11 is 3.14. The molecule has 82 valence electrons. The Bertz CT molecular complexity index is 422. The van der Waals surface area contributed by atoms with Crippen LogP contribution in [0.4, 0.5) is 0 Å². The summed E-state index contributed by atoms with van der Waals surface area (Å²) in [5, 5.41) is 11.6. The van der Waals surface area contributed by atoms with Gasteiger partial charge in [-0.2, -0.15) is 5.26 Å². The smallest absolute Gasteiger partial charge is 0.242 e. The van der Waals surface area contributed by atoms with E-state index in [1.54, 1.807) is 24.3 Å². The first kappa shape index (κ1) is 12.5. The zero-order chi connectivity index (χ0) is 12.0. The highest BCUT2D eigenvalue weighted by atomic mass is 79.9. The van der Waals surface area contributed by atoms with E-state index in [2.05, 4.69) is 27.8 Å². The van der Waals surface area contributed by atoms with Crippen LogP contribution in [0, 0.1) is 11.3 Å². The van der Waals surface area contributed by atoms with Gasteiger partial charge in [0.25, 0.3) is 0 Å². The predicted octanol–water partition coefficient (Wildman–Crippen LogP) is 2.32. The van der Waals surface area contributed by atoms with E-state index in [1.807, 2.05) is 12.1 Å². The Morgan fingerprint density at radius 3 is 2.62 bits per heavy atom. The SMILES string of the molecule is C=C(Br)CNC(=O)C(C#N)c1ccccc1. The third kappa shape index (κ3) is 3.52. The zero-order valence-corrected chi connectivity index (χ0v) is 10.2. The van der Waals surface area contributed by atoms with Crippen molar-refractivity contribution < 1.29 is 4.79 Å². The van der Waals surface area contributed by atoms with E-state index in [0.29, 0.717) is 16.6 Å². The molecule has 3 nitrogen and oxygen atoms in total. The van der Waals surface area contributed by atoms with Crippen molar-refractivity contribution in [3.05, 3.63) is 47.0 Å². The number of halogens is 1. The van der Waals surface area contributed by atoms with Gasteiger partial charge >= 0.3 is 0 Å². The number of amides is 1. The highest BCUT2D eigenvalue weighted by molar-refractivity contribution is 9.11. The number of rotatable bonds is 4. The molecule has 0 aliphatic carbocycles. The minimum Gasteiger partial charge on any atom is -0.350 e. The van der Waals surface area contributed by atoms with E-state index in [-0.39, 0.29) is 5.91 Å². The molecule has 1 N–H and O–H groups in total. The molecule has 0 aromatic heterocycles. The van der Waals surface area contributed by atoms with Crippen molar-refractivity contribution in [2.24, 2.45) is 0 Å². The standard InChI is InChI=1S/C12H11BrN2O/c1-9(13)8-15-12(16)11(7-14)10-5-3-2-4-6-10/h2-6,11H,1,8H2,(H,15,16). The van der Waals surface area contributed by atoms with Crippen LogP contribution in [0.5, 0.6) is 0 Å². The summed E-state index contributed by atoms with van der Waals surface area (Å²) in [4.78, 5) is 11.7. The average Bonchev–Trinajstić information content (AvgIpc) is 2.29. The van der Waals surface area contributed by atoms with Gasteiger partial charge in [-0.25, -0.2) is 0 Å². The number of benzene rings is 1. The second kappa shape index (κ2) is 6.09. The largest absolute Gasteiger partial charge is 0.350 e. The molecule has 0 saturated heterocycles. The van der Waals surface area contributed by atoms with Gasteiger partial charge in [0.1, 0.15) is 5.92 Å². The maximum absolute atomic E-state index is 11.7. The number of nitrogens with zero attached hydrogens (tertiary/aromatic N) is 1. The zero-order valence-electron chi connectivity index (χ0n) is 8.61. The van der Waals surface area contributed by atoms with Gasteiger partial charge in [0.15, 0.2) is 0 Å². The first-order chi connectivity index (χ1) is 7.65. The van der Waals surface area contributed by atoms with Gasteiger partial charge in [-0.1, -0.05) is 52.8 Å². The molecule has 1 aromatic rings. The van der Waals surface area contributed by atoms with Gasteiger partial charge in [-0.15, -0.1) is 0 Å². The molecule has 1 amide bonds. The highest BCUT2D eigenvalue weighted by Crippen LogP contribution is 2.14. The average molecular weight is 279 g/mol. The Morgan fingerprint density at radius 1 is 1.50 bits per heavy atom. The summed E-state index contributed by atoms with van der Waals surface area (Å²) in [6.45, 7) is 3.93. The minimum atomic E-state index is -0.770. The molecule has 1 unspecified atom stereocenters. The molecule has 0 spiro atoms. The Balaban J connectivity index is 2.73. The van der Waals surface area contributed by atoms with Crippen LogP contribution in [0.3, 0.4) is 0 Å². The van der Waals surface area contributed by atoms with E-state index >= 15 is 0 Å². The topological polar surface area (TPSA) is 52.9 Å². The maximum atomic E-state index is 11.7. The number of nitriles is 1. The summed E-state index contributed by atoms with van der Waals surface area (Å²) in [6.07, 6.45) is 0. The Labute approximate surface area is 103 Å². The van der Waals surface area contributed by atoms with Crippen LogP contribution in [0.15, 0.2) is 41.4 Å². The molecule has 0 aliphatic rings. The van der Waals surface area contributed by atoms with Crippen LogP contribution >= 0.6 is 15.9 Å². The molecule has 1 aromatic carbocycles. The summed E-state index contributed by atoms with van der Waals surface area (Å²) in [5.41, 5.74) is 0.697. The number of carbonyl (C=O) groups is 1. The fraction of sp³-hybridized carbons (Fsp3) is 0.167. The lowest BCUT2D eigenvalue weighted by Gasteiger charge is -2.09. The van der Waals surface area contributed by atoms with Gasteiger partial charge in [0.2, 0.25) is 5.91 Å². The summed E-state index contributed by atoms with van der Waals surface area (Å²) in [5.74, 6) is -1.08. The number of nitrogens with one attached hydrogen (secondary N) is 1. The van der Waals surface area contributed by atoms with Crippen molar-refractivity contribution in [2.45, 2.75) is 5.92 Å². The van der Waals surface area contributed by atoms with Crippen LogP contribution in [-0.2, 0) is 4.79 Å². The van der Waals surface area contributed by atoms with Crippen molar-refractivity contribution in [2.75, 3.05) is 6.54 Å². The molecule has 0 saturated carbocycles. The molecular formula is C12H11BrN2O. The van der Waals surface area contributed by atoms with Crippen molar-refractivity contribution in [1.82, 2.24) is 5.32 Å². The maximum Gasteiger partial charge on any atom is 0.242 e. The lowest BCUT2D eigenvalue weighted by molar-refractivity contribution is -0.121. The molecule has 0 radical (unpaired) electrons. The van der Waals surface area contributed by atoms with Crippen molar-refractivity contribution in [3.8, 4) is 6.07 Å². The van der Waals surface area contributed by atoms with Crippen molar-refractivity contribution >= 4 is 21.8 Å². The van der Waals surface area contributed by atoms with Crippen LogP contribution in [-0.4, -0.2) is 12.5 Å². The molecule has 0 heterocycles. The lowest BCUT2D eigenvalue weighted by atomic mass is 10.00. The second-order valence-electron chi connectivity index (χ2n) is 3.21. The van der Waals surface area contributed by atoms with Crippen molar-refractivity contribution in [3.63, 3.8) is 0 Å². The first-order valence-corrected chi connectivity index (χ1v) is 5.50. The second-order valence-corrected chi connectivity index (χ2v) is 4.33. The quantitative estimate of drug-likeness (QED) is 0.919. The fourth-order valence-electron chi connectivity index (χ4n) is 1.22.